The van der Waals surface area contributed by atoms with E-state index in [1.54, 1.807) is 0 Å². The van der Waals surface area contributed by atoms with E-state index < -0.39 is 0 Å². The molecule has 0 unspecified atom stereocenters. The quantitative estimate of drug-likeness (QED) is 0.780. The fraction of sp³-hybridized carbons (Fsp3) is 0.778. The molecule has 1 aliphatic carbocycles. The van der Waals surface area contributed by atoms with Crippen molar-refractivity contribution in [2.24, 2.45) is 0 Å². The van der Waals surface area contributed by atoms with Gasteiger partial charge in [-0.15, -0.1) is 5.10 Å². The van der Waals surface area contributed by atoms with Crippen molar-refractivity contribution in [2.75, 3.05) is 6.54 Å². The van der Waals surface area contributed by atoms with Gasteiger partial charge in [-0.2, -0.15) is 0 Å². The minimum absolute atomic E-state index is 0.742. The van der Waals surface area contributed by atoms with Crippen LogP contribution in [-0.4, -0.2) is 27.1 Å². The predicted molar refractivity (Wildman–Crippen MR) is 58.6 cm³/mol. The Labute approximate surface area is 93.2 Å². The third-order valence-corrected chi connectivity index (χ3v) is 3.42. The number of hydrogen-bond donors (Lipinski definition) is 0. The Morgan fingerprint density at radius 3 is 2.86 bits per heavy atom. The standard InChI is InChI=1S/C9H14ClN3S/c1-2-5-13(7-3-4-7)6-8-9(10)14-12-11-8/h7H,2-6H2,1H3. The minimum atomic E-state index is 0.742. The van der Waals surface area contributed by atoms with Gasteiger partial charge in [0, 0.05) is 24.1 Å². The second-order valence-corrected chi connectivity index (χ2v) is 5.05. The van der Waals surface area contributed by atoms with Crippen LogP contribution in [0.25, 0.3) is 0 Å². The maximum atomic E-state index is 5.98. The van der Waals surface area contributed by atoms with Crippen LogP contribution in [0.4, 0.5) is 0 Å². The van der Waals surface area contributed by atoms with E-state index in [9.17, 15) is 0 Å². The Morgan fingerprint density at radius 2 is 2.36 bits per heavy atom. The highest BCUT2D eigenvalue weighted by Gasteiger charge is 2.29. The average molecular weight is 232 g/mol. The largest absolute Gasteiger partial charge is 0.294 e. The zero-order chi connectivity index (χ0) is 9.97. The Balaban J connectivity index is 1.96. The molecule has 0 saturated heterocycles. The van der Waals surface area contributed by atoms with Crippen molar-refractivity contribution in [3.05, 3.63) is 10.0 Å². The summed E-state index contributed by atoms with van der Waals surface area (Å²) >= 11 is 7.25. The second kappa shape index (κ2) is 4.55. The molecule has 0 aliphatic heterocycles. The molecule has 3 nitrogen and oxygen atoms in total. The highest BCUT2D eigenvalue weighted by atomic mass is 35.5. The lowest BCUT2D eigenvalue weighted by atomic mass is 10.3. The highest BCUT2D eigenvalue weighted by Crippen LogP contribution is 2.29. The average Bonchev–Trinajstić information content (AvgIpc) is 2.93. The molecule has 0 atom stereocenters. The molecule has 1 saturated carbocycles. The maximum Gasteiger partial charge on any atom is 0.138 e. The van der Waals surface area contributed by atoms with Crippen molar-refractivity contribution in [3.8, 4) is 0 Å². The lowest BCUT2D eigenvalue weighted by Gasteiger charge is -2.19. The van der Waals surface area contributed by atoms with Crippen molar-refractivity contribution in [1.29, 1.82) is 0 Å². The van der Waals surface area contributed by atoms with Gasteiger partial charge in [0.05, 0.1) is 0 Å². The van der Waals surface area contributed by atoms with Crippen LogP contribution >= 0.6 is 23.1 Å². The van der Waals surface area contributed by atoms with Crippen LogP contribution in [0.2, 0.25) is 4.34 Å². The minimum Gasteiger partial charge on any atom is -0.294 e. The summed E-state index contributed by atoms with van der Waals surface area (Å²) in [6.45, 7) is 4.21. The van der Waals surface area contributed by atoms with Crippen molar-refractivity contribution in [2.45, 2.75) is 38.8 Å². The van der Waals surface area contributed by atoms with Gasteiger partial charge in [0.15, 0.2) is 0 Å². The first-order chi connectivity index (χ1) is 6.81. The molecule has 0 spiro atoms. The molecule has 0 aromatic carbocycles. The third-order valence-electron chi connectivity index (χ3n) is 2.44. The van der Waals surface area contributed by atoms with Crippen LogP contribution in [0.1, 0.15) is 31.9 Å². The zero-order valence-corrected chi connectivity index (χ0v) is 9.81. The number of aromatic nitrogens is 2. The van der Waals surface area contributed by atoms with Gasteiger partial charge < -0.3 is 0 Å². The smallest absolute Gasteiger partial charge is 0.138 e. The first-order valence-corrected chi connectivity index (χ1v) is 6.17. The number of nitrogens with zero attached hydrogens (tertiary/aromatic N) is 3. The molecule has 5 heteroatoms. The van der Waals surface area contributed by atoms with E-state index in [-0.39, 0.29) is 0 Å². The van der Waals surface area contributed by atoms with Gasteiger partial charge in [-0.05, 0) is 25.8 Å². The maximum absolute atomic E-state index is 5.98. The van der Waals surface area contributed by atoms with Crippen molar-refractivity contribution in [1.82, 2.24) is 14.5 Å². The SMILES string of the molecule is CCCN(Cc1nnsc1Cl)C1CC1. The van der Waals surface area contributed by atoms with E-state index in [0.29, 0.717) is 0 Å². The molecule has 14 heavy (non-hydrogen) atoms. The molecule has 2 rings (SSSR count). The van der Waals surface area contributed by atoms with Crippen LogP contribution in [0.15, 0.2) is 0 Å². The van der Waals surface area contributed by atoms with Crippen LogP contribution in [0, 0.1) is 0 Å². The summed E-state index contributed by atoms with van der Waals surface area (Å²) in [5, 5.41) is 4.04. The topological polar surface area (TPSA) is 29.0 Å². The van der Waals surface area contributed by atoms with Crippen LogP contribution < -0.4 is 0 Å². The van der Waals surface area contributed by atoms with E-state index in [0.717, 1.165) is 29.2 Å². The second-order valence-electron chi connectivity index (χ2n) is 3.69. The first kappa shape index (κ1) is 10.3. The van der Waals surface area contributed by atoms with Gasteiger partial charge in [0.1, 0.15) is 10.0 Å². The Hall–Kier alpha value is -0.190. The summed E-state index contributed by atoms with van der Waals surface area (Å²) in [7, 11) is 0. The fourth-order valence-electron chi connectivity index (χ4n) is 1.60. The summed E-state index contributed by atoms with van der Waals surface area (Å²) in [4.78, 5) is 2.46. The normalized spacial score (nSPS) is 16.5. The van der Waals surface area contributed by atoms with Gasteiger partial charge in [0.2, 0.25) is 0 Å². The Bertz CT molecular complexity index is 298. The molecule has 78 valence electrons. The Kier molecular flexibility index (Phi) is 3.36. The fourth-order valence-corrected chi connectivity index (χ4v) is 2.21. The summed E-state index contributed by atoms with van der Waals surface area (Å²) in [6, 6.07) is 0.771. The van der Waals surface area contributed by atoms with Gasteiger partial charge in [-0.1, -0.05) is 23.0 Å². The highest BCUT2D eigenvalue weighted by molar-refractivity contribution is 7.10. The van der Waals surface area contributed by atoms with Crippen LogP contribution in [0.3, 0.4) is 0 Å². The lowest BCUT2D eigenvalue weighted by molar-refractivity contribution is 0.252. The lowest BCUT2D eigenvalue weighted by Crippen LogP contribution is -2.26. The van der Waals surface area contributed by atoms with Crippen LogP contribution in [0.5, 0.6) is 0 Å². The zero-order valence-electron chi connectivity index (χ0n) is 8.24. The summed E-state index contributed by atoms with van der Waals surface area (Å²) in [5.74, 6) is 0. The van der Waals surface area contributed by atoms with Crippen LogP contribution in [-0.2, 0) is 6.54 Å². The van der Waals surface area contributed by atoms with E-state index in [1.165, 1.54) is 30.8 Å². The molecule has 0 N–H and O–H groups in total. The van der Waals surface area contributed by atoms with Crippen molar-refractivity contribution >= 4 is 23.1 Å². The van der Waals surface area contributed by atoms with E-state index in [2.05, 4.69) is 21.4 Å². The molecule has 1 heterocycles. The molecule has 0 radical (unpaired) electrons. The van der Waals surface area contributed by atoms with Crippen molar-refractivity contribution in [3.63, 3.8) is 0 Å². The molecular formula is C9H14ClN3S. The molecular weight excluding hydrogens is 218 g/mol. The molecule has 0 bridgehead atoms. The predicted octanol–water partition coefficient (Wildman–Crippen LogP) is 2.57. The molecule has 1 aromatic heterocycles. The monoisotopic (exact) mass is 231 g/mol. The van der Waals surface area contributed by atoms with E-state index in [4.69, 9.17) is 11.6 Å². The molecule has 0 amide bonds. The van der Waals surface area contributed by atoms with E-state index in [1.807, 2.05) is 0 Å². The van der Waals surface area contributed by atoms with Gasteiger partial charge in [0.25, 0.3) is 0 Å². The van der Waals surface area contributed by atoms with E-state index >= 15 is 0 Å². The molecule has 1 aromatic rings. The molecule has 1 fully saturated rings. The summed E-state index contributed by atoms with van der Waals surface area (Å²) < 4.78 is 4.59. The first-order valence-electron chi connectivity index (χ1n) is 5.02. The summed E-state index contributed by atoms with van der Waals surface area (Å²) in [6.07, 6.45) is 3.84. The Morgan fingerprint density at radius 1 is 1.57 bits per heavy atom. The number of rotatable bonds is 5. The van der Waals surface area contributed by atoms with Gasteiger partial charge >= 0.3 is 0 Å². The number of hydrogen-bond acceptors (Lipinski definition) is 4. The number of halogens is 1. The molecule has 1 aliphatic rings. The van der Waals surface area contributed by atoms with Gasteiger partial charge in [-0.25, -0.2) is 0 Å². The third kappa shape index (κ3) is 2.43. The van der Waals surface area contributed by atoms with Gasteiger partial charge in [-0.3, -0.25) is 4.90 Å². The van der Waals surface area contributed by atoms with Crippen molar-refractivity contribution < 1.29 is 0 Å². The summed E-state index contributed by atoms with van der Waals surface area (Å²) in [5.41, 5.74) is 0.942.